The van der Waals surface area contributed by atoms with E-state index in [1.54, 1.807) is 20.8 Å². The second-order valence-corrected chi connectivity index (χ2v) is 5.34. The average molecular weight is 302 g/mol. The highest BCUT2D eigenvalue weighted by molar-refractivity contribution is 5.86. The molecule has 1 aromatic rings. The number of alkyl halides is 3. The molecule has 21 heavy (non-hydrogen) atoms. The van der Waals surface area contributed by atoms with Crippen LogP contribution >= 0.6 is 0 Å². The number of hydrogen-bond acceptors (Lipinski definition) is 3. The predicted octanol–water partition coefficient (Wildman–Crippen LogP) is 4.03. The molecule has 0 aliphatic rings. The van der Waals surface area contributed by atoms with Crippen molar-refractivity contribution in [2.75, 3.05) is 11.4 Å². The Kier molecular flexibility index (Phi) is 4.98. The van der Waals surface area contributed by atoms with Crippen LogP contribution in [0.25, 0.3) is 6.08 Å². The van der Waals surface area contributed by atoms with Crippen molar-refractivity contribution in [2.45, 2.75) is 32.5 Å². The fourth-order valence-corrected chi connectivity index (χ4v) is 1.41. The maximum Gasteiger partial charge on any atom is 0.416 e. The number of carbonyl (C=O) groups is 1. The first kappa shape index (κ1) is 17.0. The van der Waals surface area contributed by atoms with Gasteiger partial charge in [-0.25, -0.2) is 9.78 Å². The summed E-state index contributed by atoms with van der Waals surface area (Å²) in [4.78, 5) is 16.2. The molecule has 0 saturated carbocycles. The Bertz CT molecular complexity index is 504. The lowest BCUT2D eigenvalue weighted by Gasteiger charge is -2.27. The van der Waals surface area contributed by atoms with E-state index < -0.39 is 24.4 Å². The average Bonchev–Trinajstić information content (AvgIpc) is 2.33. The minimum absolute atomic E-state index is 0.132. The summed E-state index contributed by atoms with van der Waals surface area (Å²) in [6.45, 7) is 6.78. The van der Waals surface area contributed by atoms with Gasteiger partial charge in [-0.05, 0) is 38.5 Å². The molecule has 0 fully saturated rings. The third kappa shape index (κ3) is 5.85. The van der Waals surface area contributed by atoms with Gasteiger partial charge in [-0.2, -0.15) is 13.2 Å². The Morgan fingerprint density at radius 2 is 2.00 bits per heavy atom. The lowest BCUT2D eigenvalue weighted by Crippen LogP contribution is -2.42. The largest absolute Gasteiger partial charge is 0.443 e. The van der Waals surface area contributed by atoms with Gasteiger partial charge < -0.3 is 4.74 Å². The van der Waals surface area contributed by atoms with E-state index in [9.17, 15) is 18.0 Å². The molecule has 0 radical (unpaired) electrons. The van der Waals surface area contributed by atoms with Crippen LogP contribution in [0.3, 0.4) is 0 Å². The van der Waals surface area contributed by atoms with Crippen LogP contribution in [0.1, 0.15) is 26.3 Å². The Balaban J connectivity index is 3.06. The van der Waals surface area contributed by atoms with Crippen molar-refractivity contribution in [1.82, 2.24) is 4.98 Å². The molecule has 0 bridgehead atoms. The summed E-state index contributed by atoms with van der Waals surface area (Å²) in [5, 5.41) is 0. The van der Waals surface area contributed by atoms with Crippen LogP contribution in [0.2, 0.25) is 0 Å². The van der Waals surface area contributed by atoms with E-state index in [0.717, 1.165) is 0 Å². The number of amides is 1. The van der Waals surface area contributed by atoms with Gasteiger partial charge in [0.15, 0.2) is 0 Å². The summed E-state index contributed by atoms with van der Waals surface area (Å²) in [5.74, 6) is -0.132. The molecule has 7 heteroatoms. The minimum atomic E-state index is -4.56. The van der Waals surface area contributed by atoms with E-state index >= 15 is 0 Å². The summed E-state index contributed by atoms with van der Waals surface area (Å²) >= 11 is 0. The zero-order chi connectivity index (χ0) is 16.3. The normalized spacial score (nSPS) is 11.9. The number of nitrogens with zero attached hydrogens (tertiary/aromatic N) is 2. The van der Waals surface area contributed by atoms with E-state index in [1.165, 1.54) is 24.4 Å². The Morgan fingerprint density at radius 3 is 2.38 bits per heavy atom. The topological polar surface area (TPSA) is 42.4 Å². The minimum Gasteiger partial charge on any atom is -0.443 e. The molecule has 1 aromatic heterocycles. The standard InChI is InChI=1S/C14H17F3N2O2/c1-5-10-6-7-11(18-8-10)19(9-14(15,16)17)12(20)21-13(2,3)4/h5-8H,1,9H2,2-4H3. The van der Waals surface area contributed by atoms with Crippen LogP contribution in [0, 0.1) is 0 Å². The number of carbonyl (C=O) groups excluding carboxylic acids is 1. The highest BCUT2D eigenvalue weighted by Gasteiger charge is 2.36. The molecular formula is C14H17F3N2O2. The van der Waals surface area contributed by atoms with Crippen LogP contribution in [-0.2, 0) is 4.74 Å². The lowest BCUT2D eigenvalue weighted by molar-refractivity contribution is -0.119. The van der Waals surface area contributed by atoms with Gasteiger partial charge in [0.1, 0.15) is 18.0 Å². The molecule has 0 aliphatic heterocycles. The molecular weight excluding hydrogens is 285 g/mol. The predicted molar refractivity (Wildman–Crippen MR) is 74.0 cm³/mol. The van der Waals surface area contributed by atoms with Gasteiger partial charge in [0.2, 0.25) is 0 Å². The van der Waals surface area contributed by atoms with Crippen molar-refractivity contribution in [2.24, 2.45) is 0 Å². The van der Waals surface area contributed by atoms with E-state index in [2.05, 4.69) is 11.6 Å². The van der Waals surface area contributed by atoms with Crippen LogP contribution in [-0.4, -0.2) is 29.4 Å². The van der Waals surface area contributed by atoms with E-state index in [1.807, 2.05) is 0 Å². The number of halogens is 3. The van der Waals surface area contributed by atoms with Crippen LogP contribution < -0.4 is 4.90 Å². The molecule has 1 amide bonds. The summed E-state index contributed by atoms with van der Waals surface area (Å²) in [5.41, 5.74) is -0.267. The molecule has 1 rings (SSSR count). The van der Waals surface area contributed by atoms with Crippen molar-refractivity contribution in [3.8, 4) is 0 Å². The fraction of sp³-hybridized carbons (Fsp3) is 0.429. The number of hydrogen-bond donors (Lipinski definition) is 0. The van der Waals surface area contributed by atoms with Crippen molar-refractivity contribution in [1.29, 1.82) is 0 Å². The van der Waals surface area contributed by atoms with Gasteiger partial charge in [-0.1, -0.05) is 12.7 Å². The summed E-state index contributed by atoms with van der Waals surface area (Å²) < 4.78 is 42.9. The molecule has 0 saturated heterocycles. The number of anilines is 1. The Labute approximate surface area is 121 Å². The smallest absolute Gasteiger partial charge is 0.416 e. The number of aromatic nitrogens is 1. The van der Waals surface area contributed by atoms with Gasteiger partial charge in [0.05, 0.1) is 0 Å². The summed E-state index contributed by atoms with van der Waals surface area (Å²) in [7, 11) is 0. The SMILES string of the molecule is C=Cc1ccc(N(CC(F)(F)F)C(=O)OC(C)(C)C)nc1. The number of pyridine rings is 1. The van der Waals surface area contributed by atoms with Gasteiger partial charge in [0, 0.05) is 6.20 Å². The van der Waals surface area contributed by atoms with Crippen LogP contribution in [0.4, 0.5) is 23.8 Å². The fourth-order valence-electron chi connectivity index (χ4n) is 1.41. The first-order valence-electron chi connectivity index (χ1n) is 6.17. The van der Waals surface area contributed by atoms with Gasteiger partial charge in [-0.3, -0.25) is 4.90 Å². The number of ether oxygens (including phenoxy) is 1. The second-order valence-electron chi connectivity index (χ2n) is 5.34. The molecule has 4 nitrogen and oxygen atoms in total. The molecule has 0 atom stereocenters. The van der Waals surface area contributed by atoms with Crippen molar-refractivity contribution in [3.05, 3.63) is 30.5 Å². The van der Waals surface area contributed by atoms with E-state index in [-0.39, 0.29) is 5.82 Å². The molecule has 0 aliphatic carbocycles. The van der Waals surface area contributed by atoms with Crippen molar-refractivity contribution < 1.29 is 22.7 Å². The Hall–Kier alpha value is -2.05. The monoisotopic (exact) mass is 302 g/mol. The molecule has 116 valence electrons. The maximum absolute atomic E-state index is 12.6. The quantitative estimate of drug-likeness (QED) is 0.846. The molecule has 0 aromatic carbocycles. The molecule has 1 heterocycles. The van der Waals surface area contributed by atoms with Gasteiger partial charge >= 0.3 is 12.3 Å². The molecule has 0 spiro atoms. The van der Waals surface area contributed by atoms with Crippen molar-refractivity contribution >= 4 is 18.0 Å². The highest BCUT2D eigenvalue weighted by atomic mass is 19.4. The third-order valence-electron chi connectivity index (χ3n) is 2.23. The summed E-state index contributed by atoms with van der Waals surface area (Å²) in [6, 6.07) is 2.83. The Morgan fingerprint density at radius 1 is 1.38 bits per heavy atom. The first-order valence-corrected chi connectivity index (χ1v) is 6.17. The van der Waals surface area contributed by atoms with E-state index in [0.29, 0.717) is 10.5 Å². The van der Waals surface area contributed by atoms with Crippen LogP contribution in [0.15, 0.2) is 24.9 Å². The van der Waals surface area contributed by atoms with Gasteiger partial charge in [0.25, 0.3) is 0 Å². The number of rotatable bonds is 3. The zero-order valence-corrected chi connectivity index (χ0v) is 12.1. The third-order valence-corrected chi connectivity index (χ3v) is 2.23. The van der Waals surface area contributed by atoms with Crippen molar-refractivity contribution in [3.63, 3.8) is 0 Å². The first-order chi connectivity index (χ1) is 9.52. The highest BCUT2D eigenvalue weighted by Crippen LogP contribution is 2.23. The second kappa shape index (κ2) is 6.15. The zero-order valence-electron chi connectivity index (χ0n) is 12.1. The van der Waals surface area contributed by atoms with Gasteiger partial charge in [-0.15, -0.1) is 0 Å². The lowest BCUT2D eigenvalue weighted by atomic mass is 10.2. The van der Waals surface area contributed by atoms with E-state index in [4.69, 9.17) is 4.74 Å². The van der Waals surface area contributed by atoms with Crippen LogP contribution in [0.5, 0.6) is 0 Å². The summed E-state index contributed by atoms with van der Waals surface area (Å²) in [6.07, 6.45) is -2.83. The molecule has 0 N–H and O–H groups in total. The molecule has 0 unspecified atom stereocenters. The maximum atomic E-state index is 12.6.